The van der Waals surface area contributed by atoms with Gasteiger partial charge in [0.25, 0.3) is 0 Å². The minimum absolute atomic E-state index is 0.192. The minimum atomic E-state index is -1.00. The molecular formula is C17H21N3O4. The van der Waals surface area contributed by atoms with Crippen LogP contribution in [0, 0.1) is 0 Å². The van der Waals surface area contributed by atoms with Gasteiger partial charge in [-0.15, -0.1) is 0 Å². The topological polar surface area (TPSA) is 100 Å². The fourth-order valence-electron chi connectivity index (χ4n) is 2.37. The van der Waals surface area contributed by atoms with E-state index in [0.29, 0.717) is 5.82 Å². The number of primary amides is 1. The molecule has 1 aromatic carbocycles. The summed E-state index contributed by atoms with van der Waals surface area (Å²) in [6.07, 6.45) is 1.99. The maximum absolute atomic E-state index is 11.5. The molecule has 2 aromatic rings. The van der Waals surface area contributed by atoms with Crippen LogP contribution < -0.4 is 10.5 Å². The van der Waals surface area contributed by atoms with E-state index in [2.05, 4.69) is 10.1 Å². The molecule has 3 rings (SSSR count). The Labute approximate surface area is 140 Å². The van der Waals surface area contributed by atoms with E-state index in [4.69, 9.17) is 19.7 Å². The van der Waals surface area contributed by atoms with Crippen molar-refractivity contribution in [2.45, 2.75) is 38.2 Å². The van der Waals surface area contributed by atoms with Crippen LogP contribution in [0.15, 0.2) is 28.8 Å². The Bertz CT molecular complexity index is 703. The Balaban J connectivity index is 1.72. The molecular weight excluding hydrogens is 310 g/mol. The Morgan fingerprint density at radius 3 is 2.54 bits per heavy atom. The third kappa shape index (κ3) is 3.41. The zero-order valence-electron chi connectivity index (χ0n) is 13.8. The summed E-state index contributed by atoms with van der Waals surface area (Å²) in [7, 11) is 0. The quantitative estimate of drug-likeness (QED) is 0.900. The molecule has 7 heteroatoms. The summed E-state index contributed by atoms with van der Waals surface area (Å²) in [6, 6.07) is 7.47. The number of benzene rings is 1. The van der Waals surface area contributed by atoms with E-state index < -0.39 is 11.3 Å². The number of hydrogen-bond donors (Lipinski definition) is 1. The number of hydrogen-bond acceptors (Lipinski definition) is 6. The fraction of sp³-hybridized carbons (Fsp3) is 0.471. The van der Waals surface area contributed by atoms with Crippen molar-refractivity contribution in [1.29, 1.82) is 0 Å². The molecule has 0 saturated carbocycles. The van der Waals surface area contributed by atoms with E-state index in [-0.39, 0.29) is 12.0 Å². The number of carbonyl (C=O) groups is 1. The summed E-state index contributed by atoms with van der Waals surface area (Å²) < 4.78 is 16.4. The Morgan fingerprint density at radius 1 is 1.25 bits per heavy atom. The van der Waals surface area contributed by atoms with Gasteiger partial charge in [0, 0.05) is 18.4 Å². The maximum Gasteiger partial charge on any atom is 0.242 e. The molecule has 1 aromatic heterocycles. The summed E-state index contributed by atoms with van der Waals surface area (Å²) >= 11 is 0. The van der Waals surface area contributed by atoms with Crippen molar-refractivity contribution in [1.82, 2.24) is 10.1 Å². The zero-order valence-corrected chi connectivity index (χ0v) is 13.8. The Hall–Kier alpha value is -2.41. The highest BCUT2D eigenvalue weighted by molar-refractivity contribution is 5.84. The van der Waals surface area contributed by atoms with Crippen molar-refractivity contribution >= 4 is 5.91 Å². The van der Waals surface area contributed by atoms with Gasteiger partial charge in [0.2, 0.25) is 17.6 Å². The van der Waals surface area contributed by atoms with Crippen molar-refractivity contribution in [3.63, 3.8) is 0 Å². The molecule has 1 amide bonds. The van der Waals surface area contributed by atoms with Gasteiger partial charge in [-0.05, 0) is 38.1 Å². The van der Waals surface area contributed by atoms with Crippen LogP contribution >= 0.6 is 0 Å². The smallest absolute Gasteiger partial charge is 0.242 e. The molecule has 128 valence electrons. The molecule has 0 unspecified atom stereocenters. The van der Waals surface area contributed by atoms with Gasteiger partial charge >= 0.3 is 0 Å². The number of aromatic nitrogens is 2. The standard InChI is InChI=1S/C17H21N3O4/c1-17(2,15(18)21)16-19-14(20-24-16)11-3-5-12(6-4-11)23-13-7-9-22-10-8-13/h3-6,13H,7-10H2,1-2H3,(H2,18,21). The van der Waals surface area contributed by atoms with Crippen LogP contribution in [0.5, 0.6) is 5.75 Å². The Morgan fingerprint density at radius 2 is 1.92 bits per heavy atom. The highest BCUT2D eigenvalue weighted by atomic mass is 16.5. The monoisotopic (exact) mass is 331 g/mol. The molecule has 2 heterocycles. The van der Waals surface area contributed by atoms with Gasteiger partial charge in [0.15, 0.2) is 0 Å². The van der Waals surface area contributed by atoms with Crippen molar-refractivity contribution in [3.05, 3.63) is 30.2 Å². The lowest BCUT2D eigenvalue weighted by molar-refractivity contribution is -0.123. The van der Waals surface area contributed by atoms with Crippen molar-refractivity contribution in [2.24, 2.45) is 5.73 Å². The average Bonchev–Trinajstić information content (AvgIpc) is 3.07. The van der Waals surface area contributed by atoms with E-state index in [9.17, 15) is 4.79 Å². The van der Waals surface area contributed by atoms with E-state index in [1.54, 1.807) is 13.8 Å². The number of carbonyl (C=O) groups excluding carboxylic acids is 1. The first-order chi connectivity index (χ1) is 11.5. The lowest BCUT2D eigenvalue weighted by Crippen LogP contribution is -2.35. The zero-order chi connectivity index (χ0) is 17.2. The van der Waals surface area contributed by atoms with Crippen LogP contribution in [-0.4, -0.2) is 35.4 Å². The number of ether oxygens (including phenoxy) is 2. The van der Waals surface area contributed by atoms with Gasteiger partial charge in [-0.2, -0.15) is 4.98 Å². The minimum Gasteiger partial charge on any atom is -0.490 e. The van der Waals surface area contributed by atoms with E-state index in [1.807, 2.05) is 24.3 Å². The average molecular weight is 331 g/mol. The van der Waals surface area contributed by atoms with Gasteiger partial charge < -0.3 is 19.7 Å². The second-order valence-electron chi connectivity index (χ2n) is 6.37. The van der Waals surface area contributed by atoms with Crippen LogP contribution in [0.3, 0.4) is 0 Å². The molecule has 1 fully saturated rings. The predicted octanol–water partition coefficient (Wildman–Crippen LogP) is 2.06. The van der Waals surface area contributed by atoms with Gasteiger partial charge in [0.1, 0.15) is 17.3 Å². The molecule has 2 N–H and O–H groups in total. The summed E-state index contributed by atoms with van der Waals surface area (Å²) in [4.78, 5) is 15.8. The largest absolute Gasteiger partial charge is 0.490 e. The number of nitrogens with zero attached hydrogens (tertiary/aromatic N) is 2. The third-order valence-corrected chi connectivity index (χ3v) is 4.16. The second kappa shape index (κ2) is 6.60. The number of nitrogens with two attached hydrogens (primary N) is 1. The first-order valence-corrected chi connectivity index (χ1v) is 7.96. The molecule has 0 radical (unpaired) electrons. The lowest BCUT2D eigenvalue weighted by atomic mass is 9.93. The fourth-order valence-corrected chi connectivity index (χ4v) is 2.37. The number of rotatable bonds is 5. The van der Waals surface area contributed by atoms with Crippen LogP contribution in [0.1, 0.15) is 32.6 Å². The molecule has 0 spiro atoms. The van der Waals surface area contributed by atoms with Crippen LogP contribution in [0.4, 0.5) is 0 Å². The van der Waals surface area contributed by atoms with Crippen LogP contribution in [-0.2, 0) is 14.9 Å². The highest BCUT2D eigenvalue weighted by Gasteiger charge is 2.34. The molecule has 0 bridgehead atoms. The highest BCUT2D eigenvalue weighted by Crippen LogP contribution is 2.26. The third-order valence-electron chi connectivity index (χ3n) is 4.16. The van der Waals surface area contributed by atoms with Gasteiger partial charge in [0.05, 0.1) is 13.2 Å². The molecule has 1 saturated heterocycles. The molecule has 1 aliphatic heterocycles. The predicted molar refractivity (Wildman–Crippen MR) is 86.4 cm³/mol. The van der Waals surface area contributed by atoms with Gasteiger partial charge in [-0.1, -0.05) is 5.16 Å². The summed E-state index contributed by atoms with van der Waals surface area (Å²) in [5, 5.41) is 3.93. The molecule has 24 heavy (non-hydrogen) atoms. The molecule has 7 nitrogen and oxygen atoms in total. The van der Waals surface area contributed by atoms with E-state index in [1.165, 1.54) is 0 Å². The van der Waals surface area contributed by atoms with E-state index in [0.717, 1.165) is 37.4 Å². The molecule has 0 atom stereocenters. The van der Waals surface area contributed by atoms with Crippen molar-refractivity contribution < 1.29 is 18.8 Å². The Kier molecular flexibility index (Phi) is 4.53. The summed E-state index contributed by atoms with van der Waals surface area (Å²) in [5.41, 5.74) is 5.15. The number of amides is 1. The van der Waals surface area contributed by atoms with E-state index >= 15 is 0 Å². The molecule has 0 aliphatic carbocycles. The summed E-state index contributed by atoms with van der Waals surface area (Å²) in [6.45, 7) is 4.78. The lowest BCUT2D eigenvalue weighted by Gasteiger charge is -2.23. The second-order valence-corrected chi connectivity index (χ2v) is 6.37. The normalized spacial score (nSPS) is 16.1. The molecule has 1 aliphatic rings. The van der Waals surface area contributed by atoms with Gasteiger partial charge in [-0.3, -0.25) is 4.79 Å². The SMILES string of the molecule is CC(C)(C(N)=O)c1nc(-c2ccc(OC3CCOCC3)cc2)no1. The van der Waals surface area contributed by atoms with Crippen LogP contribution in [0.2, 0.25) is 0 Å². The van der Waals surface area contributed by atoms with Gasteiger partial charge in [-0.25, -0.2) is 0 Å². The van der Waals surface area contributed by atoms with Crippen molar-refractivity contribution in [3.8, 4) is 17.1 Å². The first kappa shape index (κ1) is 16.4. The summed E-state index contributed by atoms with van der Waals surface area (Å²) in [5.74, 6) is 0.897. The van der Waals surface area contributed by atoms with Crippen LogP contribution in [0.25, 0.3) is 11.4 Å². The maximum atomic E-state index is 11.5. The first-order valence-electron chi connectivity index (χ1n) is 7.96. The van der Waals surface area contributed by atoms with Crippen molar-refractivity contribution in [2.75, 3.05) is 13.2 Å².